The molecule has 2 fully saturated rings. The van der Waals surface area contributed by atoms with Crippen LogP contribution in [0.4, 0.5) is 5.82 Å². The molecular formula is C12H19N5O. The van der Waals surface area contributed by atoms with Crippen molar-refractivity contribution in [1.82, 2.24) is 20.3 Å². The van der Waals surface area contributed by atoms with Crippen LogP contribution in [0.15, 0.2) is 6.20 Å². The highest BCUT2D eigenvalue weighted by atomic mass is 16.1. The summed E-state index contributed by atoms with van der Waals surface area (Å²) in [7, 11) is 0. The Hall–Kier alpha value is -1.43. The van der Waals surface area contributed by atoms with Crippen LogP contribution in [0.2, 0.25) is 0 Å². The lowest BCUT2D eigenvalue weighted by atomic mass is 9.74. The molecule has 3 rings (SSSR count). The van der Waals surface area contributed by atoms with Gasteiger partial charge in [-0.05, 0) is 5.92 Å². The number of nitrogens with one attached hydrogen (secondary N) is 1. The number of hydrogen-bond donors (Lipinski definition) is 1. The summed E-state index contributed by atoms with van der Waals surface area (Å²) in [6.45, 7) is 8.34. The van der Waals surface area contributed by atoms with E-state index in [1.807, 2.05) is 20.0 Å². The number of hydrogen-bond acceptors (Lipinski definition) is 5. The maximum absolute atomic E-state index is 11.1. The van der Waals surface area contributed by atoms with Crippen molar-refractivity contribution in [3.05, 3.63) is 6.20 Å². The first-order valence-electron chi connectivity index (χ1n) is 6.46. The third kappa shape index (κ3) is 1.71. The van der Waals surface area contributed by atoms with Crippen LogP contribution in [0, 0.1) is 11.3 Å². The second-order valence-corrected chi connectivity index (χ2v) is 5.89. The summed E-state index contributed by atoms with van der Waals surface area (Å²) in [5, 5.41) is 11.6. The molecular weight excluding hydrogens is 230 g/mol. The van der Waals surface area contributed by atoms with Gasteiger partial charge in [0.25, 0.3) is 0 Å². The number of carbonyl (C=O) groups is 1. The van der Waals surface area contributed by atoms with Crippen LogP contribution >= 0.6 is 0 Å². The van der Waals surface area contributed by atoms with Crippen molar-refractivity contribution < 1.29 is 4.79 Å². The molecule has 1 unspecified atom stereocenters. The van der Waals surface area contributed by atoms with E-state index in [0.717, 1.165) is 38.3 Å². The van der Waals surface area contributed by atoms with Gasteiger partial charge in [-0.3, -0.25) is 0 Å². The third-order valence-corrected chi connectivity index (χ3v) is 4.00. The van der Waals surface area contributed by atoms with Crippen molar-refractivity contribution in [2.24, 2.45) is 11.3 Å². The Kier molecular flexibility index (Phi) is 2.62. The second-order valence-electron chi connectivity index (χ2n) is 5.89. The molecule has 0 saturated carbocycles. The molecule has 0 aliphatic carbocycles. The molecule has 6 nitrogen and oxygen atoms in total. The minimum Gasteiger partial charge on any atom is -0.352 e. The van der Waals surface area contributed by atoms with E-state index in [1.165, 1.54) is 0 Å². The molecule has 18 heavy (non-hydrogen) atoms. The molecule has 0 bridgehead atoms. The van der Waals surface area contributed by atoms with Gasteiger partial charge in [-0.15, -0.1) is 5.10 Å². The van der Waals surface area contributed by atoms with Gasteiger partial charge in [-0.2, -0.15) is 0 Å². The first-order chi connectivity index (χ1) is 8.63. The molecule has 1 aromatic rings. The van der Waals surface area contributed by atoms with Crippen LogP contribution in [-0.4, -0.2) is 47.5 Å². The summed E-state index contributed by atoms with van der Waals surface area (Å²) in [4.78, 5) is 13.3. The van der Waals surface area contributed by atoms with Crippen LogP contribution < -0.4 is 10.2 Å². The summed E-state index contributed by atoms with van der Waals surface area (Å²) in [5.41, 5.74) is 0.478. The minimum absolute atomic E-state index is 0.216. The lowest BCUT2D eigenvalue weighted by Crippen LogP contribution is -2.71. The fourth-order valence-electron chi connectivity index (χ4n) is 2.71. The standard InChI is InChI=1S/C12H19N5O/c1-9(2)10(4-18)17-3-11(14-15-17)16-7-12(8-16)5-13-6-12/h3-4,9-10,13H,5-8H2,1-2H3. The van der Waals surface area contributed by atoms with E-state index in [0.29, 0.717) is 5.41 Å². The normalized spacial score (nSPS) is 22.7. The van der Waals surface area contributed by atoms with Gasteiger partial charge >= 0.3 is 0 Å². The molecule has 1 spiro atoms. The maximum atomic E-state index is 11.1. The molecule has 0 aromatic carbocycles. The first kappa shape index (κ1) is 11.6. The Bertz CT molecular complexity index is 443. The van der Waals surface area contributed by atoms with E-state index >= 15 is 0 Å². The van der Waals surface area contributed by atoms with Crippen molar-refractivity contribution in [2.75, 3.05) is 31.1 Å². The summed E-state index contributed by atoms with van der Waals surface area (Å²) < 4.78 is 1.68. The number of anilines is 1. The monoisotopic (exact) mass is 249 g/mol. The Balaban J connectivity index is 1.68. The zero-order chi connectivity index (χ0) is 12.8. The zero-order valence-electron chi connectivity index (χ0n) is 10.8. The highest BCUT2D eigenvalue weighted by Crippen LogP contribution is 2.36. The molecule has 0 radical (unpaired) electrons. The van der Waals surface area contributed by atoms with Crippen molar-refractivity contribution in [3.63, 3.8) is 0 Å². The number of nitrogens with zero attached hydrogens (tertiary/aromatic N) is 4. The minimum atomic E-state index is -0.216. The van der Waals surface area contributed by atoms with Crippen LogP contribution in [0.1, 0.15) is 19.9 Å². The highest BCUT2D eigenvalue weighted by Gasteiger charge is 2.48. The van der Waals surface area contributed by atoms with E-state index in [1.54, 1.807) is 4.68 Å². The van der Waals surface area contributed by atoms with E-state index in [2.05, 4.69) is 20.5 Å². The molecule has 2 saturated heterocycles. The van der Waals surface area contributed by atoms with E-state index in [9.17, 15) is 4.79 Å². The number of aromatic nitrogens is 3. The Morgan fingerprint density at radius 2 is 2.17 bits per heavy atom. The van der Waals surface area contributed by atoms with Crippen LogP contribution in [0.5, 0.6) is 0 Å². The largest absolute Gasteiger partial charge is 0.352 e. The molecule has 98 valence electrons. The number of aldehydes is 1. The van der Waals surface area contributed by atoms with Gasteiger partial charge < -0.3 is 15.0 Å². The van der Waals surface area contributed by atoms with Crippen molar-refractivity contribution in [3.8, 4) is 0 Å². The molecule has 2 aliphatic heterocycles. The Morgan fingerprint density at radius 3 is 2.67 bits per heavy atom. The lowest BCUT2D eigenvalue weighted by Gasteiger charge is -2.56. The molecule has 1 N–H and O–H groups in total. The Morgan fingerprint density at radius 1 is 1.44 bits per heavy atom. The number of carbonyl (C=O) groups excluding carboxylic acids is 1. The first-order valence-corrected chi connectivity index (χ1v) is 6.46. The highest BCUT2D eigenvalue weighted by molar-refractivity contribution is 5.56. The molecule has 3 heterocycles. The summed E-state index contributed by atoms with van der Waals surface area (Å²) in [6, 6.07) is -0.216. The smallest absolute Gasteiger partial charge is 0.171 e. The topological polar surface area (TPSA) is 63.1 Å². The van der Waals surface area contributed by atoms with Gasteiger partial charge in [0.1, 0.15) is 12.3 Å². The fraction of sp³-hybridized carbons (Fsp3) is 0.750. The second kappa shape index (κ2) is 4.05. The quantitative estimate of drug-likeness (QED) is 0.766. The van der Waals surface area contributed by atoms with Gasteiger partial charge in [0.15, 0.2) is 5.82 Å². The summed E-state index contributed by atoms with van der Waals surface area (Å²) in [6.07, 6.45) is 2.83. The molecule has 1 atom stereocenters. The van der Waals surface area contributed by atoms with Gasteiger partial charge in [-0.1, -0.05) is 19.1 Å². The fourth-order valence-corrected chi connectivity index (χ4v) is 2.71. The molecule has 1 aromatic heterocycles. The predicted molar refractivity (Wildman–Crippen MR) is 67.5 cm³/mol. The van der Waals surface area contributed by atoms with Gasteiger partial charge in [0, 0.05) is 31.6 Å². The van der Waals surface area contributed by atoms with Gasteiger partial charge in [0.05, 0.1) is 6.20 Å². The van der Waals surface area contributed by atoms with E-state index in [4.69, 9.17) is 0 Å². The van der Waals surface area contributed by atoms with Crippen LogP contribution in [0.3, 0.4) is 0 Å². The van der Waals surface area contributed by atoms with Crippen molar-refractivity contribution in [1.29, 1.82) is 0 Å². The SMILES string of the molecule is CC(C)C(C=O)n1cc(N2CC3(CNC3)C2)nn1. The van der Waals surface area contributed by atoms with E-state index in [-0.39, 0.29) is 12.0 Å². The molecule has 0 amide bonds. The number of rotatable bonds is 4. The zero-order valence-corrected chi connectivity index (χ0v) is 10.8. The van der Waals surface area contributed by atoms with Gasteiger partial charge in [-0.25, -0.2) is 4.68 Å². The maximum Gasteiger partial charge on any atom is 0.171 e. The lowest BCUT2D eigenvalue weighted by molar-refractivity contribution is -0.111. The van der Waals surface area contributed by atoms with Crippen molar-refractivity contribution in [2.45, 2.75) is 19.9 Å². The molecule has 2 aliphatic rings. The average Bonchev–Trinajstić information content (AvgIpc) is 2.63. The summed E-state index contributed by atoms with van der Waals surface area (Å²) in [5.74, 6) is 1.12. The summed E-state index contributed by atoms with van der Waals surface area (Å²) >= 11 is 0. The van der Waals surface area contributed by atoms with E-state index < -0.39 is 0 Å². The van der Waals surface area contributed by atoms with Gasteiger partial charge in [0.2, 0.25) is 0 Å². The average molecular weight is 249 g/mol. The predicted octanol–water partition coefficient (Wildman–Crippen LogP) is 0.0837. The van der Waals surface area contributed by atoms with Crippen LogP contribution in [-0.2, 0) is 4.79 Å². The van der Waals surface area contributed by atoms with Crippen molar-refractivity contribution >= 4 is 12.1 Å². The molecule has 6 heteroatoms. The van der Waals surface area contributed by atoms with Crippen LogP contribution in [0.25, 0.3) is 0 Å². The third-order valence-electron chi connectivity index (χ3n) is 4.00. The Labute approximate surface area is 106 Å².